The van der Waals surface area contributed by atoms with Crippen molar-refractivity contribution in [2.75, 3.05) is 0 Å². The molecule has 15 heavy (non-hydrogen) atoms. The zero-order valence-electron chi connectivity index (χ0n) is 10.5. The normalized spacial score (nSPS) is 15.4. The highest BCUT2D eigenvalue weighted by Gasteiger charge is 2.26. The average Bonchev–Trinajstić information content (AvgIpc) is 2.47. The lowest BCUT2D eigenvalue weighted by atomic mass is 9.91. The zero-order chi connectivity index (χ0) is 11.9. The second-order valence-corrected chi connectivity index (χ2v) is 7.73. The lowest BCUT2D eigenvalue weighted by Gasteiger charge is -2.24. The minimum atomic E-state index is 0.110. The summed E-state index contributed by atoms with van der Waals surface area (Å²) in [6.45, 7) is 13.3. The van der Waals surface area contributed by atoms with Crippen molar-refractivity contribution in [2.24, 2.45) is 5.41 Å². The molecule has 0 radical (unpaired) electrons. The summed E-state index contributed by atoms with van der Waals surface area (Å²) in [6.07, 6.45) is 0. The Labute approximate surface area is 103 Å². The lowest BCUT2D eigenvalue weighted by molar-refractivity contribution is 0.399. The predicted octanol–water partition coefficient (Wildman–Crippen LogP) is 5.37. The third-order valence-electron chi connectivity index (χ3n) is 2.38. The summed E-state index contributed by atoms with van der Waals surface area (Å²) in [7, 11) is 0. The fraction of sp³-hybridized carbons (Fsp3) is 0.692. The molecule has 0 N–H and O–H groups in total. The molecule has 0 aliphatic heterocycles. The van der Waals surface area contributed by atoms with Gasteiger partial charge in [-0.25, -0.2) is 0 Å². The lowest BCUT2D eigenvalue weighted by Crippen LogP contribution is -2.12. The molecule has 1 unspecified atom stereocenters. The van der Waals surface area contributed by atoms with E-state index in [2.05, 4.69) is 53.7 Å². The minimum Gasteiger partial charge on any atom is -0.143 e. The molecule has 0 amide bonds. The van der Waals surface area contributed by atoms with Gasteiger partial charge in [-0.2, -0.15) is 0 Å². The minimum absolute atomic E-state index is 0.110. The van der Waals surface area contributed by atoms with E-state index in [0.717, 1.165) is 0 Å². The number of hydrogen-bond acceptors (Lipinski definition) is 1. The van der Waals surface area contributed by atoms with Crippen LogP contribution in [0.4, 0.5) is 0 Å². The van der Waals surface area contributed by atoms with Gasteiger partial charge in [0, 0.05) is 9.75 Å². The van der Waals surface area contributed by atoms with Crippen LogP contribution in [-0.4, -0.2) is 0 Å². The van der Waals surface area contributed by atoms with Crippen LogP contribution in [-0.2, 0) is 5.41 Å². The van der Waals surface area contributed by atoms with Crippen molar-refractivity contribution < 1.29 is 0 Å². The Kier molecular flexibility index (Phi) is 3.57. The smallest absolute Gasteiger partial charge is 0.0726 e. The van der Waals surface area contributed by atoms with Gasteiger partial charge in [0.05, 0.1) is 5.38 Å². The van der Waals surface area contributed by atoms with E-state index < -0.39 is 0 Å². The van der Waals surface area contributed by atoms with Crippen molar-refractivity contribution in [1.29, 1.82) is 0 Å². The van der Waals surface area contributed by atoms with Gasteiger partial charge in [0.15, 0.2) is 0 Å². The van der Waals surface area contributed by atoms with Crippen LogP contribution in [0.25, 0.3) is 0 Å². The van der Waals surface area contributed by atoms with Crippen LogP contribution >= 0.6 is 22.9 Å². The van der Waals surface area contributed by atoms with Crippen LogP contribution in [0, 0.1) is 5.41 Å². The van der Waals surface area contributed by atoms with Gasteiger partial charge < -0.3 is 0 Å². The van der Waals surface area contributed by atoms with Crippen LogP contribution in [0.3, 0.4) is 0 Å². The van der Waals surface area contributed by atoms with Crippen molar-refractivity contribution in [3.05, 3.63) is 21.9 Å². The van der Waals surface area contributed by atoms with Gasteiger partial charge in [0.2, 0.25) is 0 Å². The summed E-state index contributed by atoms with van der Waals surface area (Å²) in [5, 5.41) is 0.110. The van der Waals surface area contributed by atoms with Gasteiger partial charge in [-0.05, 0) is 23.0 Å². The number of hydrogen-bond donors (Lipinski definition) is 0. The van der Waals surface area contributed by atoms with Crippen LogP contribution in [0.1, 0.15) is 56.7 Å². The van der Waals surface area contributed by atoms with Gasteiger partial charge in [-0.15, -0.1) is 22.9 Å². The Morgan fingerprint density at radius 1 is 1.07 bits per heavy atom. The van der Waals surface area contributed by atoms with E-state index in [-0.39, 0.29) is 16.2 Å². The maximum atomic E-state index is 6.46. The zero-order valence-corrected chi connectivity index (χ0v) is 12.1. The highest BCUT2D eigenvalue weighted by Crippen LogP contribution is 2.43. The van der Waals surface area contributed by atoms with E-state index in [4.69, 9.17) is 11.6 Å². The predicted molar refractivity (Wildman–Crippen MR) is 71.1 cm³/mol. The van der Waals surface area contributed by atoms with Crippen LogP contribution in [0.15, 0.2) is 12.1 Å². The first kappa shape index (κ1) is 13.1. The van der Waals surface area contributed by atoms with Gasteiger partial charge in [-0.3, -0.25) is 0 Å². The fourth-order valence-electron chi connectivity index (χ4n) is 1.32. The number of thiophene rings is 1. The maximum absolute atomic E-state index is 6.46. The van der Waals surface area contributed by atoms with E-state index in [0.29, 0.717) is 0 Å². The van der Waals surface area contributed by atoms with Gasteiger partial charge in [0.25, 0.3) is 0 Å². The highest BCUT2D eigenvalue weighted by atomic mass is 35.5. The molecular formula is C13H21ClS. The summed E-state index contributed by atoms with van der Waals surface area (Å²) in [5.41, 5.74) is 0.360. The van der Waals surface area contributed by atoms with E-state index in [1.165, 1.54) is 9.75 Å². The molecule has 1 rings (SSSR count). The molecule has 1 heterocycles. The second kappa shape index (κ2) is 4.10. The Balaban J connectivity index is 2.95. The van der Waals surface area contributed by atoms with Crippen molar-refractivity contribution in [3.8, 4) is 0 Å². The molecule has 0 nitrogen and oxygen atoms in total. The SMILES string of the molecule is CC(C)(C)c1ccc(C(Cl)C(C)(C)C)s1. The van der Waals surface area contributed by atoms with Gasteiger partial charge in [-0.1, -0.05) is 41.5 Å². The van der Waals surface area contributed by atoms with Gasteiger partial charge in [0.1, 0.15) is 0 Å². The standard InChI is InChI=1S/C13H21ClS/c1-12(2,3)10-8-7-9(15-10)11(14)13(4,5)6/h7-8,11H,1-6H3. The van der Waals surface area contributed by atoms with Crippen LogP contribution < -0.4 is 0 Å². The first-order valence-corrected chi connectivity index (χ1v) is 6.62. The van der Waals surface area contributed by atoms with Crippen LogP contribution in [0.2, 0.25) is 0 Å². The summed E-state index contributed by atoms with van der Waals surface area (Å²) in [6, 6.07) is 4.38. The Morgan fingerprint density at radius 2 is 1.60 bits per heavy atom. The third-order valence-corrected chi connectivity index (χ3v) is 4.97. The summed E-state index contributed by atoms with van der Waals surface area (Å²) >= 11 is 8.30. The summed E-state index contributed by atoms with van der Waals surface area (Å²) < 4.78 is 0. The number of rotatable bonds is 1. The van der Waals surface area contributed by atoms with Crippen molar-refractivity contribution in [2.45, 2.75) is 52.3 Å². The Morgan fingerprint density at radius 3 is 1.93 bits per heavy atom. The van der Waals surface area contributed by atoms with Crippen molar-refractivity contribution in [1.82, 2.24) is 0 Å². The molecule has 1 aromatic heterocycles. The van der Waals surface area contributed by atoms with Crippen LogP contribution in [0.5, 0.6) is 0 Å². The highest BCUT2D eigenvalue weighted by molar-refractivity contribution is 7.12. The molecular weight excluding hydrogens is 224 g/mol. The first-order chi connectivity index (χ1) is 6.62. The third kappa shape index (κ3) is 3.22. The topological polar surface area (TPSA) is 0 Å². The Bertz CT molecular complexity index is 325. The van der Waals surface area contributed by atoms with E-state index in [1.54, 1.807) is 0 Å². The molecule has 1 aromatic rings. The quantitative estimate of drug-likeness (QED) is 0.583. The van der Waals surface area contributed by atoms with Gasteiger partial charge >= 0.3 is 0 Å². The molecule has 86 valence electrons. The Hall–Kier alpha value is -0.0100. The fourth-order valence-corrected chi connectivity index (χ4v) is 2.81. The molecule has 0 saturated carbocycles. The maximum Gasteiger partial charge on any atom is 0.0726 e. The van der Waals surface area contributed by atoms with Crippen molar-refractivity contribution >= 4 is 22.9 Å². The average molecular weight is 245 g/mol. The molecule has 0 bridgehead atoms. The van der Waals surface area contributed by atoms with E-state index in [9.17, 15) is 0 Å². The molecule has 2 heteroatoms. The number of halogens is 1. The molecule has 0 aromatic carbocycles. The van der Waals surface area contributed by atoms with Crippen molar-refractivity contribution in [3.63, 3.8) is 0 Å². The molecule has 0 aliphatic carbocycles. The molecule has 1 atom stereocenters. The molecule has 0 spiro atoms. The monoisotopic (exact) mass is 244 g/mol. The first-order valence-electron chi connectivity index (χ1n) is 5.36. The van der Waals surface area contributed by atoms with E-state index in [1.807, 2.05) is 11.3 Å². The molecule has 0 aliphatic rings. The van der Waals surface area contributed by atoms with E-state index >= 15 is 0 Å². The second-order valence-electron chi connectivity index (χ2n) is 6.18. The number of alkyl halides is 1. The summed E-state index contributed by atoms with van der Waals surface area (Å²) in [4.78, 5) is 2.70. The molecule has 0 fully saturated rings. The summed E-state index contributed by atoms with van der Waals surface area (Å²) in [5.74, 6) is 0. The largest absolute Gasteiger partial charge is 0.143 e. The molecule has 0 saturated heterocycles.